The van der Waals surface area contributed by atoms with Gasteiger partial charge in [-0.15, -0.1) is 0 Å². The molecule has 3 amide bonds. The Balaban J connectivity index is 2.37. The fourth-order valence-corrected chi connectivity index (χ4v) is 6.05. The molecule has 0 aromatic heterocycles. The van der Waals surface area contributed by atoms with Gasteiger partial charge in [0.15, 0.2) is 11.5 Å². The van der Waals surface area contributed by atoms with Crippen molar-refractivity contribution in [2.75, 3.05) is 54.0 Å². The van der Waals surface area contributed by atoms with Crippen LogP contribution in [0, 0.1) is 34.5 Å². The van der Waals surface area contributed by atoms with E-state index in [0.717, 1.165) is 12.0 Å². The number of primary amides is 1. The molecular formula is C39H66N4O10. The lowest BCUT2D eigenvalue weighted by atomic mass is 9.80. The number of esters is 1. The van der Waals surface area contributed by atoms with E-state index in [-0.39, 0.29) is 43.5 Å². The van der Waals surface area contributed by atoms with Gasteiger partial charge in [0.05, 0.1) is 36.7 Å². The van der Waals surface area contributed by atoms with Crippen LogP contribution < -0.4 is 26.3 Å². The third-order valence-electron chi connectivity index (χ3n) is 10.6. The highest BCUT2D eigenvalue weighted by Gasteiger charge is 2.43. The highest BCUT2D eigenvalue weighted by Crippen LogP contribution is 2.36. The molecule has 5 atom stereocenters. The Morgan fingerprint density at radius 2 is 1.70 bits per heavy atom. The molecule has 1 saturated heterocycles. The zero-order valence-electron chi connectivity index (χ0n) is 33.7. The summed E-state index contributed by atoms with van der Waals surface area (Å²) >= 11 is 0. The maximum absolute atomic E-state index is 13.6. The van der Waals surface area contributed by atoms with E-state index in [9.17, 15) is 19.2 Å². The van der Waals surface area contributed by atoms with Crippen LogP contribution in [0.3, 0.4) is 0 Å². The summed E-state index contributed by atoms with van der Waals surface area (Å²) in [5.74, 6) is -0.289. The molecular weight excluding hydrogens is 684 g/mol. The molecule has 1 aromatic rings. The van der Waals surface area contributed by atoms with Gasteiger partial charge in [-0.3, -0.25) is 19.3 Å². The number of carbonyl (C=O) groups is 4. The van der Waals surface area contributed by atoms with Crippen molar-refractivity contribution < 1.29 is 47.6 Å². The molecule has 0 saturated carbocycles. The zero-order valence-corrected chi connectivity index (χ0v) is 33.7. The molecule has 2 rings (SSSR count). The van der Waals surface area contributed by atoms with Crippen molar-refractivity contribution in [3.05, 3.63) is 23.8 Å². The summed E-state index contributed by atoms with van der Waals surface area (Å²) in [6.45, 7) is 15.7. The number of amides is 3. The highest BCUT2D eigenvalue weighted by molar-refractivity contribution is 5.83. The van der Waals surface area contributed by atoms with E-state index in [1.54, 1.807) is 35.0 Å². The van der Waals surface area contributed by atoms with E-state index in [0.29, 0.717) is 50.4 Å². The number of benzene rings is 1. The van der Waals surface area contributed by atoms with Gasteiger partial charge in [-0.1, -0.05) is 40.7 Å². The minimum Gasteiger partial charge on any atom is -0.493 e. The maximum atomic E-state index is 13.6. The molecule has 0 spiro atoms. The molecule has 302 valence electrons. The lowest BCUT2D eigenvalue weighted by Gasteiger charge is -2.33. The highest BCUT2D eigenvalue weighted by atomic mass is 16.7. The van der Waals surface area contributed by atoms with Crippen LogP contribution in [0.25, 0.3) is 0 Å². The van der Waals surface area contributed by atoms with E-state index < -0.39 is 53.7 Å². The van der Waals surface area contributed by atoms with Gasteiger partial charge in [-0.05, 0) is 81.9 Å². The van der Waals surface area contributed by atoms with Crippen LogP contribution in [0.5, 0.6) is 11.5 Å². The molecule has 0 aliphatic carbocycles. The number of rotatable bonds is 23. The van der Waals surface area contributed by atoms with Crippen LogP contribution in [-0.2, 0) is 39.8 Å². The molecule has 14 nitrogen and oxygen atoms in total. The van der Waals surface area contributed by atoms with Crippen molar-refractivity contribution in [3.8, 4) is 11.5 Å². The predicted molar refractivity (Wildman–Crippen MR) is 201 cm³/mol. The van der Waals surface area contributed by atoms with Gasteiger partial charge in [0, 0.05) is 39.1 Å². The minimum atomic E-state index is -0.924. The first-order valence-electron chi connectivity index (χ1n) is 18.7. The number of hydrogen-bond donors (Lipinski definition) is 3. The van der Waals surface area contributed by atoms with Gasteiger partial charge >= 0.3 is 12.1 Å². The van der Waals surface area contributed by atoms with Crippen LogP contribution in [0.2, 0.25) is 0 Å². The van der Waals surface area contributed by atoms with Crippen molar-refractivity contribution in [2.24, 2.45) is 46.0 Å². The number of nitrogens with zero attached hydrogens (tertiary/aromatic N) is 1. The summed E-state index contributed by atoms with van der Waals surface area (Å²) in [7, 11) is 3.26. The first-order chi connectivity index (χ1) is 24.9. The van der Waals surface area contributed by atoms with E-state index in [1.165, 1.54) is 4.90 Å². The van der Waals surface area contributed by atoms with Gasteiger partial charge in [-0.25, -0.2) is 4.79 Å². The summed E-state index contributed by atoms with van der Waals surface area (Å²) < 4.78 is 33.8. The molecule has 0 bridgehead atoms. The molecule has 53 heavy (non-hydrogen) atoms. The summed E-state index contributed by atoms with van der Waals surface area (Å²) in [6, 6.07) is 5.43. The van der Waals surface area contributed by atoms with Gasteiger partial charge in [0.1, 0.15) is 6.73 Å². The second-order valence-corrected chi connectivity index (χ2v) is 15.6. The lowest BCUT2D eigenvalue weighted by molar-refractivity contribution is -0.163. The normalized spacial score (nSPS) is 18.3. The monoisotopic (exact) mass is 750 g/mol. The van der Waals surface area contributed by atoms with Gasteiger partial charge < -0.3 is 45.2 Å². The van der Waals surface area contributed by atoms with E-state index in [4.69, 9.17) is 39.9 Å². The Bertz CT molecular complexity index is 1330. The molecule has 1 aliphatic heterocycles. The van der Waals surface area contributed by atoms with Crippen LogP contribution in [0.15, 0.2) is 18.2 Å². The predicted octanol–water partition coefficient (Wildman–Crippen LogP) is 4.64. The van der Waals surface area contributed by atoms with Crippen LogP contribution in [-0.4, -0.2) is 95.0 Å². The zero-order chi connectivity index (χ0) is 39.9. The summed E-state index contributed by atoms with van der Waals surface area (Å²) in [5, 5.41) is 2.91. The third-order valence-corrected chi connectivity index (χ3v) is 10.6. The van der Waals surface area contributed by atoms with Crippen LogP contribution >= 0.6 is 0 Å². The van der Waals surface area contributed by atoms with Gasteiger partial charge in [-0.2, -0.15) is 0 Å². The SMILES string of the molecule is CCC(C)(CN)C(=O)OCOC(=O)N1COC(CC(C(=O)NCC(C)(C)C(N)=O)C(C)C)C1CC(Cc1ccc(OC)c(OCCCOC)c1)C(C)C. The Labute approximate surface area is 316 Å². The molecule has 5 unspecified atom stereocenters. The second kappa shape index (κ2) is 21.3. The van der Waals surface area contributed by atoms with E-state index in [2.05, 4.69) is 19.2 Å². The molecule has 0 radical (unpaired) electrons. The molecule has 1 aliphatic rings. The Kier molecular flexibility index (Phi) is 18.3. The first kappa shape index (κ1) is 45.5. The fourth-order valence-electron chi connectivity index (χ4n) is 6.05. The van der Waals surface area contributed by atoms with Gasteiger partial charge in [0.2, 0.25) is 18.6 Å². The number of ether oxygens (including phenoxy) is 6. The quantitative estimate of drug-likeness (QED) is 0.0802. The molecule has 1 fully saturated rings. The maximum Gasteiger partial charge on any atom is 0.414 e. The average molecular weight is 751 g/mol. The number of nitrogens with one attached hydrogen (secondary N) is 1. The van der Waals surface area contributed by atoms with Crippen molar-refractivity contribution in [2.45, 2.75) is 99.6 Å². The smallest absolute Gasteiger partial charge is 0.414 e. The standard InChI is InChI=1S/C39H66N4O10/c1-11-39(8,21-40)36(46)52-24-53-37(47)43-23-51-32(20-29(26(4)5)34(44)42-22-38(6,7)35(41)45)30(43)19-28(25(2)3)17-27-13-14-31(49-10)33(18-27)50-16-12-15-48-9/h13-14,18,25-26,28-30,32H,11-12,15-17,19-24,40H2,1-10H3,(H2,41,45)(H,42,44). The molecule has 1 heterocycles. The van der Waals surface area contributed by atoms with Crippen molar-refractivity contribution in [3.63, 3.8) is 0 Å². The number of hydrogen-bond acceptors (Lipinski definition) is 11. The van der Waals surface area contributed by atoms with E-state index in [1.807, 2.05) is 39.0 Å². The Hall–Kier alpha value is -3.62. The number of carbonyl (C=O) groups excluding carboxylic acids is 4. The third kappa shape index (κ3) is 13.3. The fraction of sp³-hybridized carbons (Fsp3) is 0.744. The summed E-state index contributed by atoms with van der Waals surface area (Å²) in [6.07, 6.45) is 1.53. The first-order valence-corrected chi connectivity index (χ1v) is 18.7. The summed E-state index contributed by atoms with van der Waals surface area (Å²) in [5.41, 5.74) is 10.6. The summed E-state index contributed by atoms with van der Waals surface area (Å²) in [4.78, 5) is 53.3. The number of nitrogens with two attached hydrogens (primary N) is 2. The van der Waals surface area contributed by atoms with Crippen molar-refractivity contribution in [1.29, 1.82) is 0 Å². The lowest BCUT2D eigenvalue weighted by Crippen LogP contribution is -2.47. The molecule has 1 aromatic carbocycles. The minimum absolute atomic E-state index is 0.0639. The Morgan fingerprint density at radius 3 is 2.26 bits per heavy atom. The average Bonchev–Trinajstić information content (AvgIpc) is 3.52. The molecule has 5 N–H and O–H groups in total. The Morgan fingerprint density at radius 1 is 1.00 bits per heavy atom. The van der Waals surface area contributed by atoms with Crippen molar-refractivity contribution in [1.82, 2.24) is 10.2 Å². The topological polar surface area (TPSA) is 191 Å². The van der Waals surface area contributed by atoms with Gasteiger partial charge in [0.25, 0.3) is 0 Å². The largest absolute Gasteiger partial charge is 0.493 e. The van der Waals surface area contributed by atoms with E-state index >= 15 is 0 Å². The van der Waals surface area contributed by atoms with Crippen LogP contribution in [0.4, 0.5) is 4.79 Å². The number of methoxy groups -OCH3 is 2. The second-order valence-electron chi connectivity index (χ2n) is 15.6. The molecule has 14 heteroatoms. The van der Waals surface area contributed by atoms with Crippen molar-refractivity contribution >= 4 is 23.9 Å². The van der Waals surface area contributed by atoms with Crippen LogP contribution in [0.1, 0.15) is 86.6 Å².